The van der Waals surface area contributed by atoms with Crippen molar-refractivity contribution < 1.29 is 14.4 Å². The molecule has 1 aromatic carbocycles. The molecule has 0 radical (unpaired) electrons. The first kappa shape index (κ1) is 32.2. The largest absolute Gasteiger partial charge is 0.342 e. The van der Waals surface area contributed by atoms with E-state index in [2.05, 4.69) is 44.3 Å². The Hall–Kier alpha value is -3.70. The highest BCUT2D eigenvalue weighted by Gasteiger charge is 2.35. The van der Waals surface area contributed by atoms with Gasteiger partial charge in [-0.05, 0) is 68.8 Å². The Bertz CT molecular complexity index is 1310. The van der Waals surface area contributed by atoms with E-state index in [4.69, 9.17) is 0 Å². The molecule has 0 aliphatic carbocycles. The van der Waals surface area contributed by atoms with Crippen molar-refractivity contribution in [3.8, 4) is 0 Å². The van der Waals surface area contributed by atoms with Gasteiger partial charge >= 0.3 is 6.03 Å². The molecule has 1 atom stereocenters. The molecule has 11 heteroatoms. The van der Waals surface area contributed by atoms with Crippen molar-refractivity contribution in [2.75, 3.05) is 57.7 Å². The van der Waals surface area contributed by atoms with Crippen molar-refractivity contribution in [3.05, 3.63) is 53.6 Å². The summed E-state index contributed by atoms with van der Waals surface area (Å²) in [5, 5.41) is 10.7. The third-order valence-electron chi connectivity index (χ3n) is 10.2. The van der Waals surface area contributed by atoms with E-state index in [0.29, 0.717) is 45.2 Å². The van der Waals surface area contributed by atoms with Gasteiger partial charge in [-0.15, -0.1) is 0 Å². The quantitative estimate of drug-likeness (QED) is 0.407. The van der Waals surface area contributed by atoms with Crippen LogP contribution in [0.1, 0.15) is 63.4 Å². The minimum atomic E-state index is -0.588. The zero-order valence-corrected chi connectivity index (χ0v) is 27.0. The summed E-state index contributed by atoms with van der Waals surface area (Å²) in [7, 11) is 0. The van der Waals surface area contributed by atoms with Crippen LogP contribution in [0.2, 0.25) is 0 Å². The maximum atomic E-state index is 14.0. The van der Waals surface area contributed by atoms with Gasteiger partial charge < -0.3 is 35.7 Å². The second kappa shape index (κ2) is 15.7. The first-order valence-electron chi connectivity index (χ1n) is 17.3. The number of hydrogen-bond acceptors (Lipinski definition) is 7. The van der Waals surface area contributed by atoms with Gasteiger partial charge in [0.2, 0.25) is 11.8 Å². The fourth-order valence-corrected chi connectivity index (χ4v) is 7.53. The second-order valence-electron chi connectivity index (χ2n) is 13.2. The van der Waals surface area contributed by atoms with Gasteiger partial charge in [-0.25, -0.2) is 4.79 Å². The number of nitrogens with one attached hydrogen (secondary N) is 3. The standard InChI is InChI=1S/C35H50N8O3/c44-33(41-20-14-30(15-21-41)43-26-28-10-2-3-11-31(28)39-35(43)46)24-32(36-25-27-8-6-16-37-38-17-7-9-27)34(45)42-22-12-29(13-23-42)40-18-4-1-5-19-40/h2-3,6,8-11,17,29-30,32,36-37H,1,4-5,7,12-16,18-26H2,(H,39,46)/b8-6-,27-9+,38-17-/t32-/m0/s1. The van der Waals surface area contributed by atoms with Crippen molar-refractivity contribution in [3.63, 3.8) is 0 Å². The molecule has 5 heterocycles. The molecule has 1 aromatic rings. The van der Waals surface area contributed by atoms with Crippen LogP contribution >= 0.6 is 0 Å². The van der Waals surface area contributed by atoms with E-state index in [1.807, 2.05) is 45.2 Å². The summed E-state index contributed by atoms with van der Waals surface area (Å²) < 4.78 is 0. The predicted molar refractivity (Wildman–Crippen MR) is 180 cm³/mol. The average Bonchev–Trinajstić information content (AvgIpc) is 3.24. The minimum Gasteiger partial charge on any atom is -0.342 e. The van der Waals surface area contributed by atoms with Crippen LogP contribution < -0.4 is 16.1 Å². The van der Waals surface area contributed by atoms with Gasteiger partial charge in [0.1, 0.15) is 0 Å². The van der Waals surface area contributed by atoms with Crippen LogP contribution in [0.25, 0.3) is 0 Å². The lowest BCUT2D eigenvalue weighted by atomic mass is 9.98. The van der Waals surface area contributed by atoms with Crippen molar-refractivity contribution in [1.29, 1.82) is 0 Å². The first-order valence-corrected chi connectivity index (χ1v) is 17.3. The number of likely N-dealkylation sites (tertiary alicyclic amines) is 3. The summed E-state index contributed by atoms with van der Waals surface area (Å²) in [5.41, 5.74) is 6.05. The minimum absolute atomic E-state index is 0.00346. The topological polar surface area (TPSA) is 113 Å². The number of urea groups is 1. The molecule has 0 bridgehead atoms. The normalized spacial score (nSPS) is 25.1. The van der Waals surface area contributed by atoms with Crippen molar-refractivity contribution in [2.45, 2.75) is 82.5 Å². The molecule has 0 spiro atoms. The molecule has 3 N–H and O–H groups in total. The third kappa shape index (κ3) is 8.17. The van der Waals surface area contributed by atoms with Crippen molar-refractivity contribution in [2.24, 2.45) is 5.10 Å². The van der Waals surface area contributed by atoms with Crippen LogP contribution in [0.4, 0.5) is 10.5 Å². The number of carbonyl (C=O) groups is 3. The number of fused-ring (bicyclic) bond motifs is 1. The number of hydrogen-bond donors (Lipinski definition) is 3. The number of hydrazone groups is 1. The number of anilines is 1. The number of nitrogens with zero attached hydrogens (tertiary/aromatic N) is 5. The van der Waals surface area contributed by atoms with E-state index in [-0.39, 0.29) is 30.3 Å². The zero-order valence-electron chi connectivity index (χ0n) is 27.0. The van der Waals surface area contributed by atoms with E-state index < -0.39 is 6.04 Å². The number of para-hydroxylation sites is 1. The van der Waals surface area contributed by atoms with Crippen LogP contribution in [0.3, 0.4) is 0 Å². The molecular weight excluding hydrogens is 580 g/mol. The Morgan fingerprint density at radius 3 is 2.48 bits per heavy atom. The van der Waals surface area contributed by atoms with Crippen LogP contribution in [-0.4, -0.2) is 114 Å². The summed E-state index contributed by atoms with van der Waals surface area (Å²) in [5.74, 6) is 0.0242. The molecule has 248 valence electrons. The van der Waals surface area contributed by atoms with Crippen molar-refractivity contribution in [1.82, 2.24) is 30.3 Å². The molecular formula is C35H50N8O3. The molecule has 3 fully saturated rings. The maximum Gasteiger partial charge on any atom is 0.322 e. The highest BCUT2D eigenvalue weighted by atomic mass is 16.2. The van der Waals surface area contributed by atoms with E-state index in [1.54, 1.807) is 0 Å². The lowest BCUT2D eigenvalue weighted by Crippen LogP contribution is -2.55. The van der Waals surface area contributed by atoms with Crippen LogP contribution in [0, 0.1) is 0 Å². The van der Waals surface area contributed by atoms with Crippen LogP contribution in [-0.2, 0) is 16.1 Å². The van der Waals surface area contributed by atoms with Gasteiger partial charge in [-0.1, -0.05) is 42.8 Å². The highest BCUT2D eigenvalue weighted by molar-refractivity contribution is 5.92. The molecule has 0 aromatic heterocycles. The summed E-state index contributed by atoms with van der Waals surface area (Å²) in [6.07, 6.45) is 16.2. The lowest BCUT2D eigenvalue weighted by Gasteiger charge is -2.41. The Kier molecular flexibility index (Phi) is 11.0. The Labute approximate surface area is 273 Å². The number of carbonyl (C=O) groups excluding carboxylic acids is 3. The summed E-state index contributed by atoms with van der Waals surface area (Å²) in [4.78, 5) is 49.0. The van der Waals surface area contributed by atoms with E-state index >= 15 is 0 Å². The molecule has 46 heavy (non-hydrogen) atoms. The van der Waals surface area contributed by atoms with Gasteiger partial charge in [-0.3, -0.25) is 9.59 Å². The third-order valence-corrected chi connectivity index (χ3v) is 10.2. The fraction of sp³-hybridized carbons (Fsp3) is 0.600. The Morgan fingerprint density at radius 2 is 1.67 bits per heavy atom. The number of amides is 4. The SMILES string of the molecule is O=C(C[C@H](NCC1=C/C/C=N\NC/C=C\1)C(=O)N1CCC(N2CCCCC2)CC1)N1CCC(N2Cc3ccccc3NC2=O)CC1. The lowest BCUT2D eigenvalue weighted by molar-refractivity contribution is -0.140. The molecule has 0 unspecified atom stereocenters. The van der Waals surface area contributed by atoms with Crippen LogP contribution in [0.5, 0.6) is 0 Å². The molecule has 4 amide bonds. The number of piperidine rings is 3. The second-order valence-corrected chi connectivity index (χ2v) is 13.2. The molecule has 3 saturated heterocycles. The molecule has 5 aliphatic rings. The van der Waals surface area contributed by atoms with Crippen molar-refractivity contribution >= 4 is 29.7 Å². The summed E-state index contributed by atoms with van der Waals surface area (Å²) in [6.45, 7) is 6.72. The van der Waals surface area contributed by atoms with Gasteiger partial charge in [0.25, 0.3) is 0 Å². The monoisotopic (exact) mass is 630 g/mol. The molecule has 6 rings (SSSR count). The number of rotatable bonds is 8. The molecule has 0 saturated carbocycles. The molecule has 5 aliphatic heterocycles. The predicted octanol–water partition coefficient (Wildman–Crippen LogP) is 3.31. The number of allylic oxidation sites excluding steroid dienone is 1. The van der Waals surface area contributed by atoms with Gasteiger partial charge in [0, 0.05) is 69.7 Å². The van der Waals surface area contributed by atoms with E-state index in [9.17, 15) is 14.4 Å². The Balaban J connectivity index is 1.06. The maximum absolute atomic E-state index is 14.0. The number of benzene rings is 1. The fourth-order valence-electron chi connectivity index (χ4n) is 7.53. The van der Waals surface area contributed by atoms with Crippen LogP contribution in [0.15, 0.2) is 53.2 Å². The van der Waals surface area contributed by atoms with E-state index in [0.717, 1.165) is 55.6 Å². The summed E-state index contributed by atoms with van der Waals surface area (Å²) >= 11 is 0. The van der Waals surface area contributed by atoms with Gasteiger partial charge in [0.05, 0.1) is 19.0 Å². The first-order chi connectivity index (χ1) is 22.5. The smallest absolute Gasteiger partial charge is 0.322 e. The Morgan fingerprint density at radius 1 is 0.935 bits per heavy atom. The van der Waals surface area contributed by atoms with Gasteiger partial charge in [-0.2, -0.15) is 5.10 Å². The molecule has 11 nitrogen and oxygen atoms in total. The van der Waals surface area contributed by atoms with Gasteiger partial charge in [0.15, 0.2) is 0 Å². The summed E-state index contributed by atoms with van der Waals surface area (Å²) in [6, 6.07) is 7.89. The van der Waals surface area contributed by atoms with E-state index in [1.165, 1.54) is 32.4 Å². The highest BCUT2D eigenvalue weighted by Crippen LogP contribution is 2.28. The zero-order chi connectivity index (χ0) is 31.7. The average molecular weight is 631 g/mol.